The zero-order chi connectivity index (χ0) is 10.7. The SMILES string of the molecule is Fc1cc(Cl)cc(NCc2cc[nH]c2)c1. The predicted octanol–water partition coefficient (Wildman–Crippen LogP) is 3.42. The average Bonchev–Trinajstić information content (AvgIpc) is 2.65. The number of nitrogens with one attached hydrogen (secondary N) is 2. The van der Waals surface area contributed by atoms with Gasteiger partial charge in [-0.3, -0.25) is 0 Å². The Morgan fingerprint density at radius 2 is 2.20 bits per heavy atom. The topological polar surface area (TPSA) is 27.8 Å². The molecule has 0 atom stereocenters. The third-order valence-electron chi connectivity index (χ3n) is 2.02. The standard InChI is InChI=1S/C11H10ClFN2/c12-9-3-10(13)5-11(4-9)15-7-8-1-2-14-6-8/h1-6,14-15H,7H2. The van der Waals surface area contributed by atoms with Crippen LogP contribution in [0.3, 0.4) is 0 Å². The van der Waals surface area contributed by atoms with E-state index in [1.807, 2.05) is 18.5 Å². The quantitative estimate of drug-likeness (QED) is 0.822. The van der Waals surface area contributed by atoms with Crippen LogP contribution in [0.5, 0.6) is 0 Å². The van der Waals surface area contributed by atoms with Gasteiger partial charge in [0.2, 0.25) is 0 Å². The first kappa shape index (κ1) is 10.1. The predicted molar refractivity (Wildman–Crippen MR) is 59.5 cm³/mol. The van der Waals surface area contributed by atoms with Crippen molar-refractivity contribution in [2.24, 2.45) is 0 Å². The Morgan fingerprint density at radius 1 is 1.33 bits per heavy atom. The zero-order valence-electron chi connectivity index (χ0n) is 7.93. The molecule has 0 fully saturated rings. The van der Waals surface area contributed by atoms with Gasteiger partial charge in [-0.1, -0.05) is 11.6 Å². The Kier molecular flexibility index (Phi) is 2.92. The van der Waals surface area contributed by atoms with Gasteiger partial charge in [0.15, 0.2) is 0 Å². The molecule has 1 aromatic heterocycles. The lowest BCUT2D eigenvalue weighted by atomic mass is 10.3. The van der Waals surface area contributed by atoms with Crippen LogP contribution in [-0.2, 0) is 6.54 Å². The first-order valence-electron chi connectivity index (χ1n) is 4.56. The Morgan fingerprint density at radius 3 is 2.87 bits per heavy atom. The summed E-state index contributed by atoms with van der Waals surface area (Å²) in [5.41, 5.74) is 1.79. The lowest BCUT2D eigenvalue weighted by Crippen LogP contribution is -1.98. The van der Waals surface area contributed by atoms with E-state index in [0.29, 0.717) is 17.3 Å². The Bertz CT molecular complexity index is 420. The summed E-state index contributed by atoms with van der Waals surface area (Å²) in [5.74, 6) is -0.334. The highest BCUT2D eigenvalue weighted by molar-refractivity contribution is 6.30. The van der Waals surface area contributed by atoms with Gasteiger partial charge in [0.05, 0.1) is 0 Å². The molecule has 78 valence electrons. The molecule has 2 aromatic rings. The molecule has 0 aliphatic rings. The third-order valence-corrected chi connectivity index (χ3v) is 2.24. The van der Waals surface area contributed by atoms with E-state index in [2.05, 4.69) is 10.3 Å². The van der Waals surface area contributed by atoms with Crippen LogP contribution in [-0.4, -0.2) is 4.98 Å². The Balaban J connectivity index is 2.05. The zero-order valence-corrected chi connectivity index (χ0v) is 8.68. The van der Waals surface area contributed by atoms with E-state index in [-0.39, 0.29) is 5.82 Å². The number of hydrogen-bond donors (Lipinski definition) is 2. The molecule has 0 radical (unpaired) electrons. The number of benzene rings is 1. The van der Waals surface area contributed by atoms with Crippen molar-refractivity contribution in [1.82, 2.24) is 4.98 Å². The van der Waals surface area contributed by atoms with Crippen molar-refractivity contribution >= 4 is 17.3 Å². The van der Waals surface area contributed by atoms with Crippen molar-refractivity contribution < 1.29 is 4.39 Å². The molecule has 0 unspecified atom stereocenters. The summed E-state index contributed by atoms with van der Waals surface area (Å²) in [4.78, 5) is 2.95. The maximum atomic E-state index is 13.0. The fraction of sp³-hybridized carbons (Fsp3) is 0.0909. The molecular weight excluding hydrogens is 215 g/mol. The lowest BCUT2D eigenvalue weighted by molar-refractivity contribution is 0.628. The van der Waals surface area contributed by atoms with Crippen LogP contribution in [0.2, 0.25) is 5.02 Å². The molecule has 0 amide bonds. The molecule has 0 aliphatic heterocycles. The van der Waals surface area contributed by atoms with E-state index in [9.17, 15) is 4.39 Å². The van der Waals surface area contributed by atoms with Crippen LogP contribution < -0.4 is 5.32 Å². The van der Waals surface area contributed by atoms with Crippen molar-refractivity contribution in [2.75, 3.05) is 5.32 Å². The summed E-state index contributed by atoms with van der Waals surface area (Å²) in [6.07, 6.45) is 3.73. The van der Waals surface area contributed by atoms with Crippen LogP contribution in [0.25, 0.3) is 0 Å². The molecule has 2 N–H and O–H groups in total. The molecule has 2 rings (SSSR count). The van der Waals surface area contributed by atoms with Gasteiger partial charge in [-0.15, -0.1) is 0 Å². The third kappa shape index (κ3) is 2.73. The summed E-state index contributed by atoms with van der Waals surface area (Å²) in [6, 6.07) is 6.34. The molecule has 0 spiro atoms. The summed E-state index contributed by atoms with van der Waals surface area (Å²) >= 11 is 5.72. The van der Waals surface area contributed by atoms with Gasteiger partial charge in [-0.2, -0.15) is 0 Å². The highest BCUT2D eigenvalue weighted by atomic mass is 35.5. The largest absolute Gasteiger partial charge is 0.381 e. The fourth-order valence-electron chi connectivity index (χ4n) is 1.33. The average molecular weight is 225 g/mol. The van der Waals surface area contributed by atoms with Crippen LogP contribution in [0.15, 0.2) is 36.7 Å². The second-order valence-electron chi connectivity index (χ2n) is 3.23. The van der Waals surface area contributed by atoms with Crippen LogP contribution in [0, 0.1) is 5.82 Å². The Labute approximate surface area is 92.1 Å². The maximum Gasteiger partial charge on any atom is 0.126 e. The maximum absolute atomic E-state index is 13.0. The van der Waals surface area contributed by atoms with Crippen LogP contribution in [0.1, 0.15) is 5.56 Å². The number of hydrogen-bond acceptors (Lipinski definition) is 1. The van der Waals surface area contributed by atoms with E-state index in [4.69, 9.17) is 11.6 Å². The van der Waals surface area contributed by atoms with Crippen molar-refractivity contribution in [3.63, 3.8) is 0 Å². The molecule has 2 nitrogen and oxygen atoms in total. The molecule has 15 heavy (non-hydrogen) atoms. The summed E-state index contributed by atoms with van der Waals surface area (Å²) in [5, 5.41) is 3.48. The highest BCUT2D eigenvalue weighted by Gasteiger charge is 1.99. The molecule has 4 heteroatoms. The van der Waals surface area contributed by atoms with Gasteiger partial charge < -0.3 is 10.3 Å². The molecule has 1 heterocycles. The molecule has 0 bridgehead atoms. The first-order chi connectivity index (χ1) is 7.24. The van der Waals surface area contributed by atoms with Crippen molar-refractivity contribution in [3.05, 3.63) is 53.1 Å². The summed E-state index contributed by atoms with van der Waals surface area (Å²) < 4.78 is 13.0. The smallest absolute Gasteiger partial charge is 0.126 e. The highest BCUT2D eigenvalue weighted by Crippen LogP contribution is 2.18. The van der Waals surface area contributed by atoms with Gasteiger partial charge in [0, 0.05) is 29.6 Å². The number of aromatic nitrogens is 1. The normalized spacial score (nSPS) is 10.3. The summed E-state index contributed by atoms with van der Waals surface area (Å²) in [6.45, 7) is 0.642. The second-order valence-corrected chi connectivity index (χ2v) is 3.67. The van der Waals surface area contributed by atoms with Gasteiger partial charge in [-0.05, 0) is 29.8 Å². The van der Waals surface area contributed by atoms with Gasteiger partial charge >= 0.3 is 0 Å². The van der Waals surface area contributed by atoms with Crippen molar-refractivity contribution in [2.45, 2.75) is 6.54 Å². The number of anilines is 1. The van der Waals surface area contributed by atoms with Gasteiger partial charge in [0.25, 0.3) is 0 Å². The Hall–Kier alpha value is -1.48. The minimum atomic E-state index is -0.334. The van der Waals surface area contributed by atoms with E-state index in [0.717, 1.165) is 5.56 Å². The van der Waals surface area contributed by atoms with E-state index >= 15 is 0 Å². The molecule has 0 saturated carbocycles. The fourth-order valence-corrected chi connectivity index (χ4v) is 1.55. The number of H-pyrrole nitrogens is 1. The molecule has 1 aromatic carbocycles. The molecular formula is C11H10ClFN2. The van der Waals surface area contributed by atoms with E-state index in [1.165, 1.54) is 12.1 Å². The monoisotopic (exact) mass is 224 g/mol. The van der Waals surface area contributed by atoms with Crippen molar-refractivity contribution in [1.29, 1.82) is 0 Å². The minimum Gasteiger partial charge on any atom is -0.381 e. The van der Waals surface area contributed by atoms with Gasteiger partial charge in [0.1, 0.15) is 5.82 Å². The van der Waals surface area contributed by atoms with E-state index < -0.39 is 0 Å². The minimum absolute atomic E-state index is 0.334. The van der Waals surface area contributed by atoms with Crippen LogP contribution in [0.4, 0.5) is 10.1 Å². The van der Waals surface area contributed by atoms with Gasteiger partial charge in [-0.25, -0.2) is 4.39 Å². The number of rotatable bonds is 3. The van der Waals surface area contributed by atoms with Crippen LogP contribution >= 0.6 is 11.6 Å². The number of aromatic amines is 1. The molecule has 0 aliphatic carbocycles. The summed E-state index contributed by atoms with van der Waals surface area (Å²) in [7, 11) is 0. The van der Waals surface area contributed by atoms with E-state index in [1.54, 1.807) is 6.07 Å². The second kappa shape index (κ2) is 4.36. The first-order valence-corrected chi connectivity index (χ1v) is 4.93. The van der Waals surface area contributed by atoms with Crippen molar-refractivity contribution in [3.8, 4) is 0 Å². The lowest BCUT2D eigenvalue weighted by Gasteiger charge is -2.05. The molecule has 0 saturated heterocycles. The number of halogens is 2.